The summed E-state index contributed by atoms with van der Waals surface area (Å²) in [7, 11) is 1.45. The van der Waals surface area contributed by atoms with E-state index in [0.717, 1.165) is 0 Å². The van der Waals surface area contributed by atoms with Gasteiger partial charge in [0.1, 0.15) is 5.69 Å². The van der Waals surface area contributed by atoms with Gasteiger partial charge in [0.15, 0.2) is 5.78 Å². The SMILES string of the molecule is CCOC(=O)c1ccc([N+](=O)[O-])c(NC)c1C(C)=O. The molecule has 7 heteroatoms. The van der Waals surface area contributed by atoms with E-state index >= 15 is 0 Å². The summed E-state index contributed by atoms with van der Waals surface area (Å²) < 4.78 is 4.83. The number of hydrogen-bond donors (Lipinski definition) is 1. The third kappa shape index (κ3) is 2.87. The van der Waals surface area contributed by atoms with Crippen LogP contribution in [0.3, 0.4) is 0 Å². The number of rotatable bonds is 5. The summed E-state index contributed by atoms with van der Waals surface area (Å²) in [4.78, 5) is 33.7. The molecule has 0 unspecified atom stereocenters. The Morgan fingerprint density at radius 1 is 1.42 bits per heavy atom. The summed E-state index contributed by atoms with van der Waals surface area (Å²) in [6.07, 6.45) is 0. The smallest absolute Gasteiger partial charge is 0.338 e. The van der Waals surface area contributed by atoms with Gasteiger partial charge in [0.25, 0.3) is 5.69 Å². The van der Waals surface area contributed by atoms with Gasteiger partial charge in [0, 0.05) is 13.1 Å². The van der Waals surface area contributed by atoms with Crippen molar-refractivity contribution in [1.82, 2.24) is 0 Å². The van der Waals surface area contributed by atoms with Crippen molar-refractivity contribution in [3.05, 3.63) is 33.4 Å². The van der Waals surface area contributed by atoms with Crippen LogP contribution in [0.5, 0.6) is 0 Å². The van der Waals surface area contributed by atoms with Crippen molar-refractivity contribution < 1.29 is 19.2 Å². The van der Waals surface area contributed by atoms with E-state index in [0.29, 0.717) is 0 Å². The predicted molar refractivity (Wildman–Crippen MR) is 68.6 cm³/mol. The Hall–Kier alpha value is -2.44. The van der Waals surface area contributed by atoms with Gasteiger partial charge >= 0.3 is 5.97 Å². The Balaban J connectivity index is 3.54. The van der Waals surface area contributed by atoms with Crippen LogP contribution < -0.4 is 5.32 Å². The zero-order valence-electron chi connectivity index (χ0n) is 10.9. The molecule has 0 amide bonds. The molecule has 0 saturated carbocycles. The number of carbonyl (C=O) groups excluding carboxylic acids is 2. The summed E-state index contributed by atoms with van der Waals surface area (Å²) in [5.41, 5.74) is -0.261. The molecule has 19 heavy (non-hydrogen) atoms. The second kappa shape index (κ2) is 5.94. The van der Waals surface area contributed by atoms with Crippen LogP contribution in [0.25, 0.3) is 0 Å². The highest BCUT2D eigenvalue weighted by molar-refractivity contribution is 6.10. The lowest BCUT2D eigenvalue weighted by molar-refractivity contribution is -0.384. The first kappa shape index (κ1) is 14.6. The Morgan fingerprint density at radius 2 is 2.05 bits per heavy atom. The summed E-state index contributed by atoms with van der Waals surface area (Å²) in [6, 6.07) is 2.40. The lowest BCUT2D eigenvalue weighted by Crippen LogP contribution is -2.14. The lowest BCUT2D eigenvalue weighted by atomic mass is 10.0. The standard InChI is InChI=1S/C12H14N2O5/c1-4-19-12(16)8-5-6-9(14(17)18)11(13-3)10(8)7(2)15/h5-6,13H,4H2,1-3H3. The van der Waals surface area contributed by atoms with Crippen LogP contribution in [0.2, 0.25) is 0 Å². The van der Waals surface area contributed by atoms with Crippen molar-refractivity contribution in [3.8, 4) is 0 Å². The van der Waals surface area contributed by atoms with E-state index in [-0.39, 0.29) is 29.1 Å². The molecule has 1 rings (SSSR count). The second-order valence-electron chi connectivity index (χ2n) is 3.67. The van der Waals surface area contributed by atoms with Crippen molar-refractivity contribution in [2.45, 2.75) is 13.8 Å². The van der Waals surface area contributed by atoms with E-state index in [4.69, 9.17) is 4.74 Å². The van der Waals surface area contributed by atoms with Gasteiger partial charge in [0.05, 0.1) is 22.7 Å². The largest absolute Gasteiger partial charge is 0.462 e. The van der Waals surface area contributed by atoms with Crippen molar-refractivity contribution in [3.63, 3.8) is 0 Å². The second-order valence-corrected chi connectivity index (χ2v) is 3.67. The van der Waals surface area contributed by atoms with E-state index in [2.05, 4.69) is 5.32 Å². The molecule has 0 aliphatic heterocycles. The van der Waals surface area contributed by atoms with Gasteiger partial charge in [-0.3, -0.25) is 14.9 Å². The Bertz CT molecular complexity index is 539. The molecule has 0 radical (unpaired) electrons. The number of anilines is 1. The number of carbonyl (C=O) groups is 2. The fourth-order valence-corrected chi connectivity index (χ4v) is 1.74. The topological polar surface area (TPSA) is 98.5 Å². The number of ether oxygens (including phenoxy) is 1. The number of nitrogens with one attached hydrogen (secondary N) is 1. The number of benzene rings is 1. The maximum absolute atomic E-state index is 11.7. The molecule has 1 N–H and O–H groups in total. The number of ketones is 1. The zero-order valence-corrected chi connectivity index (χ0v) is 10.9. The van der Waals surface area contributed by atoms with Gasteiger partial charge in [-0.2, -0.15) is 0 Å². The van der Waals surface area contributed by atoms with Crippen molar-refractivity contribution in [1.29, 1.82) is 0 Å². The molecule has 0 fully saturated rings. The first-order chi connectivity index (χ1) is 8.93. The van der Waals surface area contributed by atoms with Gasteiger partial charge < -0.3 is 10.1 Å². The van der Waals surface area contributed by atoms with Gasteiger partial charge in [-0.05, 0) is 19.9 Å². The van der Waals surface area contributed by atoms with E-state index in [1.165, 1.54) is 26.1 Å². The molecule has 0 saturated heterocycles. The van der Waals surface area contributed by atoms with E-state index in [1.807, 2.05) is 0 Å². The maximum atomic E-state index is 11.7. The zero-order chi connectivity index (χ0) is 14.6. The van der Waals surface area contributed by atoms with E-state index in [1.54, 1.807) is 6.92 Å². The monoisotopic (exact) mass is 266 g/mol. The molecule has 0 aliphatic carbocycles. The summed E-state index contributed by atoms with van der Waals surface area (Å²) in [5, 5.41) is 13.5. The van der Waals surface area contributed by atoms with E-state index < -0.39 is 16.7 Å². The predicted octanol–water partition coefficient (Wildman–Crippen LogP) is 2.02. The normalized spacial score (nSPS) is 9.84. The average molecular weight is 266 g/mol. The van der Waals surface area contributed by atoms with Crippen LogP contribution in [-0.4, -0.2) is 30.3 Å². The maximum Gasteiger partial charge on any atom is 0.338 e. The Labute approximate surface area is 109 Å². The highest BCUT2D eigenvalue weighted by Gasteiger charge is 2.26. The fraction of sp³-hybridized carbons (Fsp3) is 0.333. The number of esters is 1. The number of nitro benzene ring substituents is 1. The fourth-order valence-electron chi connectivity index (χ4n) is 1.74. The molecule has 1 aromatic rings. The summed E-state index contributed by atoms with van der Waals surface area (Å²) in [5.74, 6) is -1.13. The minimum Gasteiger partial charge on any atom is -0.462 e. The molecule has 0 aromatic heterocycles. The minimum absolute atomic E-state index is 0.0167. The third-order valence-corrected chi connectivity index (χ3v) is 2.48. The quantitative estimate of drug-likeness (QED) is 0.379. The molecular weight excluding hydrogens is 252 g/mol. The number of hydrogen-bond acceptors (Lipinski definition) is 6. The van der Waals surface area contributed by atoms with Gasteiger partial charge in [-0.25, -0.2) is 4.79 Å². The third-order valence-electron chi connectivity index (χ3n) is 2.48. The van der Waals surface area contributed by atoms with Crippen molar-refractivity contribution in [2.75, 3.05) is 19.0 Å². The molecule has 0 heterocycles. The molecule has 0 spiro atoms. The van der Waals surface area contributed by atoms with Gasteiger partial charge in [0.2, 0.25) is 0 Å². The lowest BCUT2D eigenvalue weighted by Gasteiger charge is -2.11. The van der Waals surface area contributed by atoms with Crippen LogP contribution in [-0.2, 0) is 4.74 Å². The van der Waals surface area contributed by atoms with Crippen LogP contribution in [0.15, 0.2) is 12.1 Å². The summed E-state index contributed by atoms with van der Waals surface area (Å²) in [6.45, 7) is 3.03. The first-order valence-electron chi connectivity index (χ1n) is 5.61. The molecular formula is C12H14N2O5. The molecule has 1 aromatic carbocycles. The van der Waals surface area contributed by atoms with Crippen LogP contribution in [0, 0.1) is 10.1 Å². The highest BCUT2D eigenvalue weighted by Crippen LogP contribution is 2.31. The summed E-state index contributed by atoms with van der Waals surface area (Å²) >= 11 is 0. The average Bonchev–Trinajstić information content (AvgIpc) is 2.36. The van der Waals surface area contributed by atoms with Crippen LogP contribution >= 0.6 is 0 Å². The number of nitro groups is 1. The van der Waals surface area contributed by atoms with Crippen molar-refractivity contribution >= 4 is 23.1 Å². The first-order valence-corrected chi connectivity index (χ1v) is 5.61. The number of nitrogens with zero attached hydrogens (tertiary/aromatic N) is 1. The van der Waals surface area contributed by atoms with Crippen LogP contribution in [0.4, 0.5) is 11.4 Å². The number of Topliss-reactive ketones (excluding diaryl/α,β-unsaturated/α-hetero) is 1. The minimum atomic E-state index is -0.681. The van der Waals surface area contributed by atoms with Gasteiger partial charge in [-0.15, -0.1) is 0 Å². The van der Waals surface area contributed by atoms with Crippen LogP contribution in [0.1, 0.15) is 34.6 Å². The molecule has 102 valence electrons. The highest BCUT2D eigenvalue weighted by atomic mass is 16.6. The van der Waals surface area contributed by atoms with Crippen molar-refractivity contribution in [2.24, 2.45) is 0 Å². The molecule has 0 bridgehead atoms. The molecule has 0 aliphatic rings. The molecule has 0 atom stereocenters. The Kier molecular flexibility index (Phi) is 4.57. The molecule has 7 nitrogen and oxygen atoms in total. The van der Waals surface area contributed by atoms with E-state index in [9.17, 15) is 19.7 Å². The Morgan fingerprint density at radius 3 is 2.47 bits per heavy atom. The van der Waals surface area contributed by atoms with Gasteiger partial charge in [-0.1, -0.05) is 0 Å².